The first-order valence-corrected chi connectivity index (χ1v) is 5.31. The molecule has 1 aromatic rings. The summed E-state index contributed by atoms with van der Waals surface area (Å²) in [7, 11) is 0. The third-order valence-electron chi connectivity index (χ3n) is 1.66. The zero-order valence-corrected chi connectivity index (χ0v) is 8.48. The maximum absolute atomic E-state index is 12.5. The van der Waals surface area contributed by atoms with E-state index in [0.29, 0.717) is 0 Å². The van der Waals surface area contributed by atoms with Gasteiger partial charge in [0.25, 0.3) is 0 Å². The Morgan fingerprint density at radius 2 is 2.00 bits per heavy atom. The highest BCUT2D eigenvalue weighted by Crippen LogP contribution is 2.18. The number of rotatable bonds is 4. The molecule has 0 aliphatic heterocycles. The second-order valence-electron chi connectivity index (χ2n) is 3.07. The fourth-order valence-corrected chi connectivity index (χ4v) is 1.95. The molecule has 1 nitrogen and oxygen atoms in total. The average molecular weight is 199 g/mol. The Hall–Kier alpha value is -0.540. The van der Waals surface area contributed by atoms with Crippen LogP contribution in [0.2, 0.25) is 0 Å². The Balaban J connectivity index is 2.33. The molecule has 0 saturated carbocycles. The molecule has 0 amide bonds. The first kappa shape index (κ1) is 10.5. The molecule has 1 atom stereocenters. The van der Waals surface area contributed by atoms with Gasteiger partial charge >= 0.3 is 0 Å². The van der Waals surface area contributed by atoms with Crippen LogP contribution in [0.4, 0.5) is 4.39 Å². The number of thioether (sulfide) groups is 1. The molecule has 1 rings (SSSR count). The Morgan fingerprint density at radius 1 is 1.38 bits per heavy atom. The van der Waals surface area contributed by atoms with Gasteiger partial charge < -0.3 is 5.73 Å². The van der Waals surface area contributed by atoms with Crippen LogP contribution in [-0.4, -0.2) is 11.8 Å². The van der Waals surface area contributed by atoms with Crippen LogP contribution in [0, 0.1) is 5.82 Å². The third kappa shape index (κ3) is 4.29. The highest BCUT2D eigenvalue weighted by molar-refractivity contribution is 7.99. The average Bonchev–Trinajstić information content (AvgIpc) is 2.08. The quantitative estimate of drug-likeness (QED) is 0.754. The maximum atomic E-state index is 12.5. The normalized spacial score (nSPS) is 12.8. The molecule has 1 unspecified atom stereocenters. The van der Waals surface area contributed by atoms with Crippen LogP contribution in [-0.2, 0) is 0 Å². The summed E-state index contributed by atoms with van der Waals surface area (Å²) in [5.41, 5.74) is 5.61. The van der Waals surface area contributed by atoms with E-state index in [2.05, 4.69) is 0 Å². The molecule has 13 heavy (non-hydrogen) atoms. The van der Waals surface area contributed by atoms with Crippen molar-refractivity contribution in [2.24, 2.45) is 5.73 Å². The molecule has 0 aliphatic rings. The van der Waals surface area contributed by atoms with E-state index in [0.717, 1.165) is 17.1 Å². The summed E-state index contributed by atoms with van der Waals surface area (Å²) in [5, 5.41) is 0. The van der Waals surface area contributed by atoms with Crippen molar-refractivity contribution < 1.29 is 4.39 Å². The summed E-state index contributed by atoms with van der Waals surface area (Å²) in [6.45, 7) is 1.99. The van der Waals surface area contributed by atoms with Gasteiger partial charge in [-0.3, -0.25) is 0 Å². The molecule has 3 heteroatoms. The molecule has 2 N–H and O–H groups in total. The van der Waals surface area contributed by atoms with Gasteiger partial charge in [-0.05, 0) is 43.4 Å². The van der Waals surface area contributed by atoms with Crippen LogP contribution in [0.3, 0.4) is 0 Å². The molecule has 0 aliphatic carbocycles. The zero-order chi connectivity index (χ0) is 9.68. The van der Waals surface area contributed by atoms with Crippen molar-refractivity contribution in [3.05, 3.63) is 30.1 Å². The lowest BCUT2D eigenvalue weighted by Crippen LogP contribution is -2.15. The summed E-state index contributed by atoms with van der Waals surface area (Å²) in [6, 6.07) is 6.79. The van der Waals surface area contributed by atoms with Crippen LogP contribution in [0.25, 0.3) is 0 Å². The van der Waals surface area contributed by atoms with Crippen molar-refractivity contribution in [3.63, 3.8) is 0 Å². The largest absolute Gasteiger partial charge is 0.328 e. The summed E-state index contributed by atoms with van der Waals surface area (Å²) >= 11 is 1.71. The van der Waals surface area contributed by atoms with Crippen molar-refractivity contribution in [3.8, 4) is 0 Å². The van der Waals surface area contributed by atoms with Crippen LogP contribution < -0.4 is 5.73 Å². The van der Waals surface area contributed by atoms with E-state index in [-0.39, 0.29) is 11.9 Å². The molecule has 0 fully saturated rings. The SMILES string of the molecule is CC(N)CCSc1ccc(F)cc1. The molecule has 1 aromatic carbocycles. The number of halogens is 1. The van der Waals surface area contributed by atoms with E-state index in [4.69, 9.17) is 5.73 Å². The van der Waals surface area contributed by atoms with Gasteiger partial charge in [0, 0.05) is 10.9 Å². The minimum absolute atomic E-state index is 0.184. The summed E-state index contributed by atoms with van der Waals surface area (Å²) in [5.74, 6) is 0.806. The number of nitrogens with two attached hydrogens (primary N) is 1. The Kier molecular flexibility index (Phi) is 4.25. The highest BCUT2D eigenvalue weighted by atomic mass is 32.2. The van der Waals surface area contributed by atoms with Crippen LogP contribution >= 0.6 is 11.8 Å². The van der Waals surface area contributed by atoms with E-state index in [9.17, 15) is 4.39 Å². The molecular weight excluding hydrogens is 185 g/mol. The lowest BCUT2D eigenvalue weighted by atomic mass is 10.3. The number of hydrogen-bond donors (Lipinski definition) is 1. The molecule has 0 aromatic heterocycles. The van der Waals surface area contributed by atoms with E-state index in [1.165, 1.54) is 12.1 Å². The number of benzene rings is 1. The monoisotopic (exact) mass is 199 g/mol. The maximum Gasteiger partial charge on any atom is 0.123 e. The third-order valence-corrected chi connectivity index (χ3v) is 2.70. The van der Waals surface area contributed by atoms with Crippen molar-refractivity contribution >= 4 is 11.8 Å². The fourth-order valence-electron chi connectivity index (χ4n) is 0.893. The van der Waals surface area contributed by atoms with Gasteiger partial charge in [-0.15, -0.1) is 11.8 Å². The van der Waals surface area contributed by atoms with Gasteiger partial charge in [0.15, 0.2) is 0 Å². The predicted octanol–water partition coefficient (Wildman–Crippen LogP) is 2.66. The van der Waals surface area contributed by atoms with Gasteiger partial charge in [-0.2, -0.15) is 0 Å². The standard InChI is InChI=1S/C10H14FNS/c1-8(12)6-7-13-10-4-2-9(11)3-5-10/h2-5,8H,6-7,12H2,1H3. The van der Waals surface area contributed by atoms with E-state index < -0.39 is 0 Å². The second kappa shape index (κ2) is 5.25. The van der Waals surface area contributed by atoms with E-state index in [1.54, 1.807) is 23.9 Å². The molecule has 72 valence electrons. The lowest BCUT2D eigenvalue weighted by Gasteiger charge is -2.04. The minimum atomic E-state index is -0.184. The van der Waals surface area contributed by atoms with Gasteiger partial charge in [-0.25, -0.2) is 4.39 Å². The topological polar surface area (TPSA) is 26.0 Å². The molecule has 0 bridgehead atoms. The Bertz CT molecular complexity index is 246. The Labute approximate surface area is 82.5 Å². The summed E-state index contributed by atoms with van der Waals surface area (Å²) < 4.78 is 12.5. The molecule has 0 heterocycles. The van der Waals surface area contributed by atoms with Crippen LogP contribution in [0.15, 0.2) is 29.2 Å². The predicted molar refractivity (Wildman–Crippen MR) is 55.4 cm³/mol. The van der Waals surface area contributed by atoms with Gasteiger partial charge in [0.1, 0.15) is 5.82 Å². The smallest absolute Gasteiger partial charge is 0.123 e. The molecule has 0 saturated heterocycles. The van der Waals surface area contributed by atoms with E-state index in [1.807, 2.05) is 6.92 Å². The van der Waals surface area contributed by atoms with Crippen molar-refractivity contribution in [2.75, 3.05) is 5.75 Å². The molecule has 0 spiro atoms. The summed E-state index contributed by atoms with van der Waals surface area (Å²) in [6.07, 6.45) is 0.988. The fraction of sp³-hybridized carbons (Fsp3) is 0.400. The van der Waals surface area contributed by atoms with Gasteiger partial charge in [-0.1, -0.05) is 0 Å². The van der Waals surface area contributed by atoms with E-state index >= 15 is 0 Å². The zero-order valence-electron chi connectivity index (χ0n) is 7.66. The number of hydrogen-bond acceptors (Lipinski definition) is 2. The van der Waals surface area contributed by atoms with Crippen LogP contribution in [0.5, 0.6) is 0 Å². The second-order valence-corrected chi connectivity index (χ2v) is 4.24. The Morgan fingerprint density at radius 3 is 2.54 bits per heavy atom. The molecular formula is C10H14FNS. The van der Waals surface area contributed by atoms with Crippen molar-refractivity contribution in [2.45, 2.75) is 24.3 Å². The highest BCUT2D eigenvalue weighted by Gasteiger charge is 1.97. The van der Waals surface area contributed by atoms with Crippen molar-refractivity contribution in [1.29, 1.82) is 0 Å². The molecule has 0 radical (unpaired) electrons. The first-order valence-electron chi connectivity index (χ1n) is 4.32. The summed E-state index contributed by atoms with van der Waals surface area (Å²) in [4.78, 5) is 1.10. The van der Waals surface area contributed by atoms with Gasteiger partial charge in [0.05, 0.1) is 0 Å². The first-order chi connectivity index (χ1) is 6.18. The lowest BCUT2D eigenvalue weighted by molar-refractivity contribution is 0.626. The van der Waals surface area contributed by atoms with Gasteiger partial charge in [0.2, 0.25) is 0 Å². The van der Waals surface area contributed by atoms with Crippen LogP contribution in [0.1, 0.15) is 13.3 Å². The van der Waals surface area contributed by atoms with Crippen molar-refractivity contribution in [1.82, 2.24) is 0 Å². The minimum Gasteiger partial charge on any atom is -0.328 e.